The second-order valence-corrected chi connectivity index (χ2v) is 4.40. The summed E-state index contributed by atoms with van der Waals surface area (Å²) in [5.41, 5.74) is 0.423. The summed E-state index contributed by atoms with van der Waals surface area (Å²) in [6.45, 7) is -1.03. The molecule has 1 heterocycles. The van der Waals surface area contributed by atoms with E-state index in [1.807, 2.05) is 4.57 Å². The average molecular weight is 258 g/mol. The first-order valence-electron chi connectivity index (χ1n) is 5.98. The van der Waals surface area contributed by atoms with Crippen molar-refractivity contribution in [2.75, 3.05) is 19.7 Å². The maximum Gasteiger partial charge on any atom is 0.270 e. The molecule has 100 valence electrons. The van der Waals surface area contributed by atoms with E-state index in [0.717, 1.165) is 17.7 Å². The minimum absolute atomic E-state index is 0.0704. The molecule has 18 heavy (non-hydrogen) atoms. The lowest BCUT2D eigenvalue weighted by molar-refractivity contribution is 0.0500. The van der Waals surface area contributed by atoms with E-state index in [9.17, 15) is 13.6 Å². The van der Waals surface area contributed by atoms with E-state index in [4.69, 9.17) is 5.11 Å². The van der Waals surface area contributed by atoms with Gasteiger partial charge in [-0.3, -0.25) is 4.79 Å². The third kappa shape index (κ3) is 2.87. The lowest BCUT2D eigenvalue weighted by atomic mass is 10.3. The van der Waals surface area contributed by atoms with E-state index < -0.39 is 18.9 Å². The van der Waals surface area contributed by atoms with Gasteiger partial charge in [-0.15, -0.1) is 0 Å². The highest BCUT2D eigenvalue weighted by Gasteiger charge is 2.29. The van der Waals surface area contributed by atoms with Crippen LogP contribution >= 0.6 is 0 Å². The van der Waals surface area contributed by atoms with Crippen LogP contribution in [0.15, 0.2) is 18.3 Å². The van der Waals surface area contributed by atoms with Crippen molar-refractivity contribution < 1.29 is 18.7 Å². The summed E-state index contributed by atoms with van der Waals surface area (Å²) in [5, 5.41) is 8.84. The number of nitrogens with zero attached hydrogens (tertiary/aromatic N) is 2. The Hall–Kier alpha value is -1.43. The number of amides is 1. The highest BCUT2D eigenvalue weighted by atomic mass is 19.3. The molecule has 0 atom stereocenters. The summed E-state index contributed by atoms with van der Waals surface area (Å²) >= 11 is 0. The van der Waals surface area contributed by atoms with Crippen LogP contribution in [0.25, 0.3) is 0 Å². The van der Waals surface area contributed by atoms with Crippen LogP contribution in [-0.2, 0) is 0 Å². The molecule has 0 spiro atoms. The molecule has 1 N–H and O–H groups in total. The Kier molecular flexibility index (Phi) is 3.96. The minimum Gasteiger partial charge on any atom is -0.395 e. The predicted molar refractivity (Wildman–Crippen MR) is 61.7 cm³/mol. The molecule has 6 heteroatoms. The molecule has 4 nitrogen and oxygen atoms in total. The van der Waals surface area contributed by atoms with Crippen molar-refractivity contribution in [3.63, 3.8) is 0 Å². The normalized spacial score (nSPS) is 15.1. The number of rotatable bonds is 6. The fraction of sp³-hybridized carbons (Fsp3) is 0.583. The first kappa shape index (κ1) is 13.0. The van der Waals surface area contributed by atoms with E-state index >= 15 is 0 Å². The fourth-order valence-corrected chi connectivity index (χ4v) is 1.97. The lowest BCUT2D eigenvalue weighted by Gasteiger charge is -2.22. The molecule has 1 amide bonds. The number of carbonyl (C=O) groups is 1. The number of aliphatic hydroxyl groups is 1. The highest BCUT2D eigenvalue weighted by Crippen LogP contribution is 2.36. The van der Waals surface area contributed by atoms with Crippen molar-refractivity contribution in [3.05, 3.63) is 24.0 Å². The predicted octanol–water partition coefficient (Wildman–Crippen LogP) is 1.52. The van der Waals surface area contributed by atoms with Crippen LogP contribution in [0.4, 0.5) is 8.78 Å². The molecule has 1 aliphatic carbocycles. The SMILES string of the molecule is O=C(c1cccn1C1CC1)N(CCO)CC(F)F. The number of aromatic nitrogens is 1. The largest absolute Gasteiger partial charge is 0.395 e. The zero-order valence-corrected chi connectivity index (χ0v) is 9.93. The Morgan fingerprint density at radius 2 is 2.28 bits per heavy atom. The van der Waals surface area contributed by atoms with Crippen LogP contribution in [0.5, 0.6) is 0 Å². The fourth-order valence-electron chi connectivity index (χ4n) is 1.97. The summed E-state index contributed by atoms with van der Waals surface area (Å²) in [6, 6.07) is 3.70. The van der Waals surface area contributed by atoms with Gasteiger partial charge in [0.25, 0.3) is 12.3 Å². The molecular weight excluding hydrogens is 242 g/mol. The Morgan fingerprint density at radius 1 is 1.56 bits per heavy atom. The summed E-state index contributed by atoms with van der Waals surface area (Å²) in [6.07, 6.45) is 1.24. The van der Waals surface area contributed by atoms with Crippen LogP contribution in [0, 0.1) is 0 Å². The summed E-state index contributed by atoms with van der Waals surface area (Å²) in [7, 11) is 0. The quantitative estimate of drug-likeness (QED) is 0.841. The van der Waals surface area contributed by atoms with Crippen molar-refractivity contribution in [1.29, 1.82) is 0 Å². The minimum atomic E-state index is -2.59. The molecule has 2 rings (SSSR count). The van der Waals surface area contributed by atoms with Gasteiger partial charge in [-0.05, 0) is 25.0 Å². The molecule has 0 radical (unpaired) electrons. The second kappa shape index (κ2) is 5.48. The first-order chi connectivity index (χ1) is 8.63. The van der Waals surface area contributed by atoms with Gasteiger partial charge >= 0.3 is 0 Å². The molecule has 1 aliphatic rings. The van der Waals surface area contributed by atoms with Gasteiger partial charge in [-0.25, -0.2) is 8.78 Å². The van der Waals surface area contributed by atoms with Gasteiger partial charge in [-0.2, -0.15) is 0 Å². The third-order valence-corrected chi connectivity index (χ3v) is 2.95. The lowest BCUT2D eigenvalue weighted by Crippen LogP contribution is -2.38. The summed E-state index contributed by atoms with van der Waals surface area (Å²) in [5.74, 6) is -0.443. The zero-order chi connectivity index (χ0) is 13.1. The Bertz CT molecular complexity index is 416. The number of aliphatic hydroxyl groups excluding tert-OH is 1. The molecular formula is C12H16F2N2O2. The highest BCUT2D eigenvalue weighted by molar-refractivity contribution is 5.92. The summed E-state index contributed by atoms with van der Waals surface area (Å²) in [4.78, 5) is 13.1. The van der Waals surface area contributed by atoms with Gasteiger partial charge in [0, 0.05) is 18.8 Å². The molecule has 1 aromatic heterocycles. The van der Waals surface area contributed by atoms with E-state index in [0.29, 0.717) is 11.7 Å². The molecule has 0 saturated heterocycles. The van der Waals surface area contributed by atoms with E-state index in [2.05, 4.69) is 0 Å². The van der Waals surface area contributed by atoms with Gasteiger partial charge in [-0.1, -0.05) is 0 Å². The van der Waals surface area contributed by atoms with Gasteiger partial charge in [0.05, 0.1) is 13.2 Å². The Morgan fingerprint density at radius 3 is 2.83 bits per heavy atom. The van der Waals surface area contributed by atoms with Gasteiger partial charge < -0.3 is 14.6 Å². The topological polar surface area (TPSA) is 45.5 Å². The van der Waals surface area contributed by atoms with Crippen molar-refractivity contribution in [1.82, 2.24) is 9.47 Å². The Balaban J connectivity index is 2.13. The molecule has 0 aromatic carbocycles. The van der Waals surface area contributed by atoms with Crippen molar-refractivity contribution in [2.24, 2.45) is 0 Å². The van der Waals surface area contributed by atoms with E-state index in [1.54, 1.807) is 18.3 Å². The van der Waals surface area contributed by atoms with Crippen LogP contribution in [0.3, 0.4) is 0 Å². The molecule has 1 aromatic rings. The van der Waals surface area contributed by atoms with Crippen LogP contribution in [-0.4, -0.2) is 46.6 Å². The monoisotopic (exact) mass is 258 g/mol. The van der Waals surface area contributed by atoms with E-state index in [-0.39, 0.29) is 13.2 Å². The number of hydrogen-bond acceptors (Lipinski definition) is 2. The number of alkyl halides is 2. The maximum absolute atomic E-state index is 12.4. The second-order valence-electron chi connectivity index (χ2n) is 4.40. The third-order valence-electron chi connectivity index (χ3n) is 2.95. The smallest absolute Gasteiger partial charge is 0.270 e. The first-order valence-corrected chi connectivity index (χ1v) is 5.98. The number of halogens is 2. The van der Waals surface area contributed by atoms with Gasteiger partial charge in [0.15, 0.2) is 0 Å². The van der Waals surface area contributed by atoms with Crippen molar-refractivity contribution in [2.45, 2.75) is 25.3 Å². The van der Waals surface area contributed by atoms with Crippen molar-refractivity contribution in [3.8, 4) is 0 Å². The van der Waals surface area contributed by atoms with Gasteiger partial charge in [0.2, 0.25) is 0 Å². The standard InChI is InChI=1S/C12H16F2N2O2/c13-11(14)8-15(6-7-17)12(18)10-2-1-5-16(10)9-3-4-9/h1-2,5,9,11,17H,3-4,6-8H2. The molecule has 0 aliphatic heterocycles. The molecule has 0 bridgehead atoms. The zero-order valence-electron chi connectivity index (χ0n) is 9.93. The van der Waals surface area contributed by atoms with Crippen LogP contribution < -0.4 is 0 Å². The van der Waals surface area contributed by atoms with Gasteiger partial charge in [0.1, 0.15) is 5.69 Å². The number of carbonyl (C=O) groups excluding carboxylic acids is 1. The van der Waals surface area contributed by atoms with Crippen LogP contribution in [0.1, 0.15) is 29.4 Å². The number of hydrogen-bond donors (Lipinski definition) is 1. The van der Waals surface area contributed by atoms with E-state index in [1.165, 1.54) is 0 Å². The van der Waals surface area contributed by atoms with Crippen LogP contribution in [0.2, 0.25) is 0 Å². The maximum atomic E-state index is 12.4. The molecule has 0 unspecified atom stereocenters. The molecule has 1 fully saturated rings. The van der Waals surface area contributed by atoms with Crippen molar-refractivity contribution >= 4 is 5.91 Å². The average Bonchev–Trinajstić information content (AvgIpc) is 3.05. The Labute approximate surface area is 104 Å². The molecule has 1 saturated carbocycles. The summed E-state index contributed by atoms with van der Waals surface area (Å²) < 4.78 is 26.6.